The van der Waals surface area contributed by atoms with E-state index in [1.165, 1.54) is 0 Å². The van der Waals surface area contributed by atoms with Crippen LogP contribution in [0, 0.1) is 0 Å². The van der Waals surface area contributed by atoms with E-state index in [9.17, 15) is 22.8 Å². The number of piperidine rings is 1. The van der Waals surface area contributed by atoms with E-state index < -0.39 is 37.2 Å². The number of carboxylic acids is 1. The molecule has 1 unspecified atom stereocenters. The van der Waals surface area contributed by atoms with E-state index in [2.05, 4.69) is 5.32 Å². The van der Waals surface area contributed by atoms with Crippen LogP contribution >= 0.6 is 0 Å². The molecule has 1 aliphatic heterocycles. The molecule has 0 bridgehead atoms. The van der Waals surface area contributed by atoms with Gasteiger partial charge in [-0.05, 0) is 19.3 Å². The highest BCUT2D eigenvalue weighted by Gasteiger charge is 2.32. The van der Waals surface area contributed by atoms with Crippen molar-refractivity contribution in [2.75, 3.05) is 13.1 Å². The third-order valence-corrected chi connectivity index (χ3v) is 2.73. The highest BCUT2D eigenvalue weighted by Crippen LogP contribution is 2.19. The lowest BCUT2D eigenvalue weighted by molar-refractivity contribution is -0.143. The minimum absolute atomic E-state index is 0.259. The van der Waals surface area contributed by atoms with Crippen LogP contribution < -0.4 is 5.32 Å². The first-order valence-electron chi connectivity index (χ1n) is 5.65. The Hall–Kier alpha value is -1.47. The Kier molecular flexibility index (Phi) is 4.80. The highest BCUT2D eigenvalue weighted by molar-refractivity contribution is 5.82. The van der Waals surface area contributed by atoms with Gasteiger partial charge in [0.25, 0.3) is 0 Å². The van der Waals surface area contributed by atoms with E-state index in [1.807, 2.05) is 0 Å². The SMILES string of the molecule is O=C(O)C1CCCCN1C(=O)NCCC(F)(F)F. The number of nitrogens with one attached hydrogen (secondary N) is 1. The van der Waals surface area contributed by atoms with Gasteiger partial charge in [0.2, 0.25) is 0 Å². The Morgan fingerprint density at radius 2 is 2.00 bits per heavy atom. The largest absolute Gasteiger partial charge is 0.480 e. The minimum Gasteiger partial charge on any atom is -0.480 e. The van der Waals surface area contributed by atoms with Crippen molar-refractivity contribution >= 4 is 12.0 Å². The van der Waals surface area contributed by atoms with Crippen LogP contribution in [0.25, 0.3) is 0 Å². The molecule has 0 aliphatic carbocycles. The van der Waals surface area contributed by atoms with E-state index in [-0.39, 0.29) is 6.54 Å². The van der Waals surface area contributed by atoms with Crippen LogP contribution in [0.2, 0.25) is 0 Å². The lowest BCUT2D eigenvalue weighted by Gasteiger charge is -2.32. The molecule has 1 aliphatic rings. The van der Waals surface area contributed by atoms with Crippen molar-refractivity contribution in [3.8, 4) is 0 Å². The number of hydrogen-bond donors (Lipinski definition) is 2. The van der Waals surface area contributed by atoms with Gasteiger partial charge in [0.05, 0.1) is 6.42 Å². The minimum atomic E-state index is -4.33. The summed E-state index contributed by atoms with van der Waals surface area (Å²) in [6, 6.07) is -1.68. The van der Waals surface area contributed by atoms with Gasteiger partial charge in [-0.3, -0.25) is 0 Å². The summed E-state index contributed by atoms with van der Waals surface area (Å²) >= 11 is 0. The first kappa shape index (κ1) is 14.6. The normalized spacial score (nSPS) is 20.6. The van der Waals surface area contributed by atoms with E-state index in [1.54, 1.807) is 0 Å². The molecule has 0 aromatic carbocycles. The van der Waals surface area contributed by atoms with Crippen LogP contribution in [0.3, 0.4) is 0 Å². The average molecular weight is 268 g/mol. The predicted octanol–water partition coefficient (Wildman–Crippen LogP) is 1.59. The molecule has 0 saturated carbocycles. The second-order valence-electron chi connectivity index (χ2n) is 4.14. The lowest BCUT2D eigenvalue weighted by Crippen LogP contribution is -2.52. The van der Waals surface area contributed by atoms with Crippen LogP contribution in [-0.2, 0) is 4.79 Å². The molecule has 1 atom stereocenters. The summed E-state index contributed by atoms with van der Waals surface area (Å²) in [4.78, 5) is 23.6. The molecule has 8 heteroatoms. The molecule has 0 aromatic rings. The van der Waals surface area contributed by atoms with Crippen molar-refractivity contribution in [1.82, 2.24) is 10.2 Å². The average Bonchev–Trinajstić information content (AvgIpc) is 2.27. The van der Waals surface area contributed by atoms with E-state index in [4.69, 9.17) is 5.11 Å². The summed E-state index contributed by atoms with van der Waals surface area (Å²) in [6.45, 7) is -0.278. The molecule has 0 spiro atoms. The second kappa shape index (κ2) is 5.92. The Bertz CT molecular complexity index is 320. The first-order chi connectivity index (χ1) is 8.31. The van der Waals surface area contributed by atoms with Gasteiger partial charge in [-0.15, -0.1) is 0 Å². The molecule has 0 radical (unpaired) electrons. The van der Waals surface area contributed by atoms with Gasteiger partial charge >= 0.3 is 18.2 Å². The third-order valence-electron chi connectivity index (χ3n) is 2.73. The number of nitrogens with zero attached hydrogens (tertiary/aromatic N) is 1. The molecule has 1 rings (SSSR count). The first-order valence-corrected chi connectivity index (χ1v) is 5.65. The number of urea groups is 1. The number of carbonyl (C=O) groups excluding carboxylic acids is 1. The zero-order valence-corrected chi connectivity index (χ0v) is 9.66. The van der Waals surface area contributed by atoms with Crippen LogP contribution in [0.4, 0.5) is 18.0 Å². The number of rotatable bonds is 3. The van der Waals surface area contributed by atoms with Gasteiger partial charge in [0.15, 0.2) is 0 Å². The summed E-state index contributed by atoms with van der Waals surface area (Å²) in [6.07, 6.45) is -3.76. The number of hydrogen-bond acceptors (Lipinski definition) is 2. The van der Waals surface area contributed by atoms with Gasteiger partial charge < -0.3 is 15.3 Å². The fourth-order valence-corrected chi connectivity index (χ4v) is 1.84. The molecule has 5 nitrogen and oxygen atoms in total. The topological polar surface area (TPSA) is 69.6 Å². The van der Waals surface area contributed by atoms with E-state index >= 15 is 0 Å². The number of carbonyl (C=O) groups is 2. The number of likely N-dealkylation sites (tertiary alicyclic amines) is 1. The van der Waals surface area contributed by atoms with Crippen molar-refractivity contribution in [3.05, 3.63) is 0 Å². The van der Waals surface area contributed by atoms with Crippen LogP contribution in [0.15, 0.2) is 0 Å². The maximum atomic E-state index is 11.9. The quantitative estimate of drug-likeness (QED) is 0.816. The second-order valence-corrected chi connectivity index (χ2v) is 4.14. The van der Waals surface area contributed by atoms with Gasteiger partial charge in [-0.25, -0.2) is 9.59 Å². The van der Waals surface area contributed by atoms with Gasteiger partial charge in [0.1, 0.15) is 6.04 Å². The smallest absolute Gasteiger partial charge is 0.390 e. The zero-order valence-electron chi connectivity index (χ0n) is 9.66. The molecule has 1 saturated heterocycles. The fraction of sp³-hybridized carbons (Fsp3) is 0.800. The summed E-state index contributed by atoms with van der Waals surface area (Å²) in [5, 5.41) is 11.0. The Balaban J connectivity index is 2.46. The number of halogens is 3. The highest BCUT2D eigenvalue weighted by atomic mass is 19.4. The molecule has 2 N–H and O–H groups in total. The van der Waals surface area contributed by atoms with Crippen LogP contribution in [-0.4, -0.2) is 47.3 Å². The van der Waals surface area contributed by atoms with Crippen molar-refractivity contribution in [2.24, 2.45) is 0 Å². The lowest BCUT2D eigenvalue weighted by atomic mass is 10.0. The van der Waals surface area contributed by atoms with Crippen molar-refractivity contribution in [3.63, 3.8) is 0 Å². The molecule has 18 heavy (non-hydrogen) atoms. The number of alkyl halides is 3. The van der Waals surface area contributed by atoms with E-state index in [0.29, 0.717) is 19.3 Å². The molecular formula is C10H15F3N2O3. The van der Waals surface area contributed by atoms with Crippen LogP contribution in [0.1, 0.15) is 25.7 Å². The Morgan fingerprint density at radius 1 is 1.33 bits per heavy atom. The Labute approximate surface area is 102 Å². The third kappa shape index (κ3) is 4.42. The summed E-state index contributed by atoms with van der Waals surface area (Å²) in [5.41, 5.74) is 0. The zero-order chi connectivity index (χ0) is 13.8. The number of amides is 2. The van der Waals surface area contributed by atoms with Crippen molar-refractivity contribution < 1.29 is 27.9 Å². The van der Waals surface area contributed by atoms with Crippen molar-refractivity contribution in [2.45, 2.75) is 37.9 Å². The maximum absolute atomic E-state index is 11.9. The molecule has 2 amide bonds. The Morgan fingerprint density at radius 3 is 2.56 bits per heavy atom. The summed E-state index contributed by atoms with van der Waals surface area (Å²) < 4.78 is 35.7. The van der Waals surface area contributed by atoms with Gasteiger partial charge in [-0.2, -0.15) is 13.2 Å². The molecular weight excluding hydrogens is 253 g/mol. The fourth-order valence-electron chi connectivity index (χ4n) is 1.84. The maximum Gasteiger partial charge on any atom is 0.390 e. The standard InChI is InChI=1S/C10H15F3N2O3/c11-10(12,13)4-5-14-9(18)15-6-2-1-3-7(15)8(16)17/h7H,1-6H2,(H,14,18)(H,16,17). The van der Waals surface area contributed by atoms with Crippen LogP contribution in [0.5, 0.6) is 0 Å². The van der Waals surface area contributed by atoms with E-state index in [0.717, 1.165) is 4.90 Å². The number of aliphatic carboxylic acids is 1. The monoisotopic (exact) mass is 268 g/mol. The number of carboxylic acid groups (broad SMARTS) is 1. The van der Waals surface area contributed by atoms with Gasteiger partial charge in [0, 0.05) is 13.1 Å². The predicted molar refractivity (Wildman–Crippen MR) is 56.1 cm³/mol. The van der Waals surface area contributed by atoms with Crippen molar-refractivity contribution in [1.29, 1.82) is 0 Å². The molecule has 1 fully saturated rings. The summed E-state index contributed by atoms with van der Waals surface area (Å²) in [7, 11) is 0. The molecule has 0 aromatic heterocycles. The van der Waals surface area contributed by atoms with Gasteiger partial charge in [-0.1, -0.05) is 0 Å². The molecule has 1 heterocycles. The molecule has 104 valence electrons. The summed E-state index contributed by atoms with van der Waals surface area (Å²) in [5.74, 6) is -1.12.